The van der Waals surface area contributed by atoms with Gasteiger partial charge in [0.1, 0.15) is 35.1 Å². The van der Waals surface area contributed by atoms with Crippen molar-refractivity contribution in [3.8, 4) is 0 Å². The van der Waals surface area contributed by atoms with Crippen molar-refractivity contribution >= 4 is 5.97 Å². The highest BCUT2D eigenvalue weighted by Gasteiger charge is 2.67. The van der Waals surface area contributed by atoms with Crippen molar-refractivity contribution in [1.82, 2.24) is 10.2 Å². The number of rotatable bonds is 7. The number of carbonyl (C=O) groups excluding carboxylic acids is 1. The molecule has 4 saturated heterocycles. The van der Waals surface area contributed by atoms with Crippen LogP contribution < -0.4 is 5.32 Å². The van der Waals surface area contributed by atoms with Crippen LogP contribution in [-0.2, 0) is 38.0 Å². The van der Waals surface area contributed by atoms with Crippen LogP contribution in [-0.4, -0.2) is 155 Å². The minimum atomic E-state index is -1.78. The molecule has 0 saturated carbocycles. The topological polar surface area (TPSA) is 181 Å². The second-order valence-corrected chi connectivity index (χ2v) is 17.3. The highest BCUT2D eigenvalue weighted by Crippen LogP contribution is 2.51. The summed E-state index contributed by atoms with van der Waals surface area (Å²) in [4.78, 5) is 16.1. The number of aliphatic hydroxyl groups excluding tert-OH is 2. The summed E-state index contributed by atoms with van der Waals surface area (Å²) < 4.78 is 44.1. The maximum atomic E-state index is 14.2. The number of epoxide rings is 1. The first kappa shape index (κ1) is 43.7. The molecule has 0 aromatic carbocycles. The highest BCUT2D eigenvalue weighted by molar-refractivity contribution is 5.73. The van der Waals surface area contributed by atoms with E-state index >= 15 is 0 Å². The summed E-state index contributed by atoms with van der Waals surface area (Å²) in [5.74, 6) is -2.48. The molecular formula is C38H70N2O12. The third kappa shape index (κ3) is 8.84. The van der Waals surface area contributed by atoms with E-state index in [0.717, 1.165) is 0 Å². The lowest BCUT2D eigenvalue weighted by Gasteiger charge is -2.49. The monoisotopic (exact) mass is 746 g/mol. The van der Waals surface area contributed by atoms with Gasteiger partial charge in [-0.15, -0.1) is 0 Å². The number of hydrogen-bond acceptors (Lipinski definition) is 14. The summed E-state index contributed by atoms with van der Waals surface area (Å²) in [7, 11) is 5.42. The number of aliphatic hydroxyl groups is 4. The maximum absolute atomic E-state index is 14.2. The molecule has 10 unspecified atom stereocenters. The number of hydrogen-bond donors (Lipinski definition) is 5. The van der Waals surface area contributed by atoms with Crippen LogP contribution in [0, 0.1) is 17.8 Å². The Morgan fingerprint density at radius 3 is 2.17 bits per heavy atom. The molecule has 14 nitrogen and oxygen atoms in total. The van der Waals surface area contributed by atoms with Crippen LogP contribution in [0.3, 0.4) is 0 Å². The molecule has 4 heterocycles. The Balaban J connectivity index is 1.79. The van der Waals surface area contributed by atoms with Crippen LogP contribution in [0.2, 0.25) is 0 Å². The molecule has 52 heavy (non-hydrogen) atoms. The molecule has 4 aliphatic heterocycles. The molecule has 18 atom stereocenters. The predicted molar refractivity (Wildman–Crippen MR) is 192 cm³/mol. The molecule has 14 heteroatoms. The van der Waals surface area contributed by atoms with Gasteiger partial charge < -0.3 is 63.8 Å². The average molecular weight is 747 g/mol. The van der Waals surface area contributed by atoms with Gasteiger partial charge in [0.2, 0.25) is 0 Å². The number of esters is 1. The minimum Gasteiger partial charge on any atom is -0.459 e. The van der Waals surface area contributed by atoms with Crippen LogP contribution >= 0.6 is 0 Å². The van der Waals surface area contributed by atoms with Gasteiger partial charge in [0, 0.05) is 31.5 Å². The zero-order valence-electron chi connectivity index (χ0n) is 33.8. The van der Waals surface area contributed by atoms with Gasteiger partial charge in [0.15, 0.2) is 12.6 Å². The lowest BCUT2D eigenvalue weighted by Crippen LogP contribution is -2.61. The number of nitrogens with one attached hydrogen (secondary N) is 1. The van der Waals surface area contributed by atoms with E-state index in [9.17, 15) is 25.2 Å². The van der Waals surface area contributed by atoms with Crippen molar-refractivity contribution in [2.75, 3.05) is 34.4 Å². The van der Waals surface area contributed by atoms with Gasteiger partial charge in [-0.1, -0.05) is 20.8 Å². The Bertz CT molecular complexity index is 1180. The Morgan fingerprint density at radius 2 is 1.62 bits per heavy atom. The summed E-state index contributed by atoms with van der Waals surface area (Å²) in [6, 6.07) is -0.831. The fraction of sp³-hybridized carbons (Fsp3) is 0.974. The van der Waals surface area contributed by atoms with E-state index in [-0.39, 0.29) is 30.9 Å². The first-order valence-corrected chi connectivity index (χ1v) is 19.3. The largest absolute Gasteiger partial charge is 0.459 e. The molecule has 304 valence electrons. The van der Waals surface area contributed by atoms with E-state index in [1.54, 1.807) is 34.8 Å². The van der Waals surface area contributed by atoms with Crippen LogP contribution in [0.15, 0.2) is 0 Å². The molecular weight excluding hydrogens is 676 g/mol. The first-order valence-electron chi connectivity index (χ1n) is 19.3. The van der Waals surface area contributed by atoms with Gasteiger partial charge >= 0.3 is 5.97 Å². The van der Waals surface area contributed by atoms with Gasteiger partial charge in [0.05, 0.1) is 42.5 Å². The van der Waals surface area contributed by atoms with Crippen molar-refractivity contribution in [2.45, 2.75) is 185 Å². The number of methoxy groups -OCH3 is 1. The molecule has 4 rings (SSSR count). The summed E-state index contributed by atoms with van der Waals surface area (Å²) in [5, 5.41) is 50.2. The van der Waals surface area contributed by atoms with E-state index in [1.807, 2.05) is 53.6 Å². The number of likely N-dealkylation sites (N-methyl/N-ethyl adjacent to an activating group) is 1. The summed E-state index contributed by atoms with van der Waals surface area (Å²) >= 11 is 0. The summed E-state index contributed by atoms with van der Waals surface area (Å²) in [6.07, 6.45) is -6.51. The van der Waals surface area contributed by atoms with E-state index in [1.165, 1.54) is 6.92 Å². The molecule has 0 aromatic heterocycles. The molecule has 1 spiro atoms. The third-order valence-electron chi connectivity index (χ3n) is 12.6. The zero-order chi connectivity index (χ0) is 39.1. The van der Waals surface area contributed by atoms with E-state index in [2.05, 4.69) is 5.32 Å². The van der Waals surface area contributed by atoms with Crippen molar-refractivity contribution in [1.29, 1.82) is 0 Å². The van der Waals surface area contributed by atoms with Crippen molar-refractivity contribution in [3.05, 3.63) is 0 Å². The number of nitrogens with zero attached hydrogens (tertiary/aromatic N) is 1. The normalized spacial score (nSPS) is 51.5. The van der Waals surface area contributed by atoms with Crippen molar-refractivity contribution < 1.29 is 58.4 Å². The Kier molecular flexibility index (Phi) is 14.0. The maximum Gasteiger partial charge on any atom is 0.311 e. The standard InChI is InChI=1S/C38H70N2O12/c1-14-27-37(10,45)31(42)24(6)39-18-20(2)16-35(8,44)32(52-34-29(41)26(40(11)12)15-21(3)48-34)22(4)30(23(5)33(43)50-27)51-28-17-36(9,46-13)38(19-47-38)25(7)49-28/h20-32,34,39,41-42,44-45H,14-19H2,1-13H3/t20?,21-,22?,23?,24?,25+,26+,27?,28+,29-,30?,31?,32?,34+,35?,36-,37?,38+/m1/s1. The molecule has 0 amide bonds. The van der Waals surface area contributed by atoms with E-state index in [0.29, 0.717) is 26.0 Å². The Morgan fingerprint density at radius 1 is 0.981 bits per heavy atom. The van der Waals surface area contributed by atoms with Crippen molar-refractivity contribution in [3.63, 3.8) is 0 Å². The minimum absolute atomic E-state index is 0.139. The van der Waals surface area contributed by atoms with Crippen molar-refractivity contribution in [2.24, 2.45) is 17.8 Å². The Hall–Kier alpha value is -1.01. The smallest absolute Gasteiger partial charge is 0.311 e. The fourth-order valence-electron chi connectivity index (χ4n) is 9.03. The van der Waals surface area contributed by atoms with Crippen LogP contribution in [0.5, 0.6) is 0 Å². The highest BCUT2D eigenvalue weighted by atomic mass is 16.7. The quantitative estimate of drug-likeness (QED) is 0.189. The van der Waals surface area contributed by atoms with Gasteiger partial charge in [-0.2, -0.15) is 0 Å². The van der Waals surface area contributed by atoms with E-state index < -0.39 is 95.5 Å². The average Bonchev–Trinajstić information content (AvgIpc) is 3.88. The fourth-order valence-corrected chi connectivity index (χ4v) is 9.03. The van der Waals surface area contributed by atoms with Gasteiger partial charge in [-0.05, 0) is 94.3 Å². The SMILES string of the molecule is CCC1OC(=O)C(C)C(O[C@H]2C[C@@](C)(OC)[C@]3(CO3)[C@H](C)O2)C(C)C(O[C@@H]2O[C@H](C)C[C@H](N(C)C)[C@H]2O)C(C)(O)CC(C)CNC(C)C(O)C1(C)O. The zero-order valence-corrected chi connectivity index (χ0v) is 33.8. The molecule has 5 N–H and O–H groups in total. The second kappa shape index (κ2) is 16.6. The molecule has 0 aliphatic carbocycles. The third-order valence-corrected chi connectivity index (χ3v) is 12.6. The van der Waals surface area contributed by atoms with Crippen LogP contribution in [0.4, 0.5) is 0 Å². The lowest BCUT2D eigenvalue weighted by atomic mass is 9.77. The predicted octanol–water partition coefficient (Wildman–Crippen LogP) is 1.97. The summed E-state index contributed by atoms with van der Waals surface area (Å²) in [6.45, 7) is 18.9. The van der Waals surface area contributed by atoms with Gasteiger partial charge in [-0.25, -0.2) is 0 Å². The number of ether oxygens (including phenoxy) is 7. The molecule has 0 radical (unpaired) electrons. The van der Waals surface area contributed by atoms with Crippen LogP contribution in [0.25, 0.3) is 0 Å². The molecule has 4 aliphatic rings. The molecule has 4 fully saturated rings. The molecule has 0 bridgehead atoms. The van der Waals surface area contributed by atoms with E-state index in [4.69, 9.17) is 33.2 Å². The first-order chi connectivity index (χ1) is 24.0. The van der Waals surface area contributed by atoms with Gasteiger partial charge in [0.25, 0.3) is 0 Å². The Labute approximate surface area is 311 Å². The summed E-state index contributed by atoms with van der Waals surface area (Å²) in [5.41, 5.74) is -4.68. The second-order valence-electron chi connectivity index (χ2n) is 17.3. The van der Waals surface area contributed by atoms with Gasteiger partial charge in [-0.3, -0.25) is 4.79 Å². The lowest BCUT2D eigenvalue weighted by molar-refractivity contribution is -0.315. The number of carbonyl (C=O) groups is 1. The van der Waals surface area contributed by atoms with Crippen LogP contribution in [0.1, 0.15) is 94.9 Å². The molecule has 0 aromatic rings. The number of cyclic esters (lactones) is 1.